The van der Waals surface area contributed by atoms with Crippen LogP contribution in [-0.2, 0) is 4.79 Å². The highest BCUT2D eigenvalue weighted by Gasteiger charge is 2.26. The summed E-state index contributed by atoms with van der Waals surface area (Å²) in [5, 5.41) is 6.73. The number of hydrogen-bond donors (Lipinski definition) is 2. The van der Waals surface area contributed by atoms with Crippen LogP contribution in [0.2, 0.25) is 5.02 Å². The van der Waals surface area contributed by atoms with Gasteiger partial charge in [0.1, 0.15) is 6.04 Å². The molecule has 0 saturated carbocycles. The maximum absolute atomic E-state index is 12.0. The van der Waals surface area contributed by atoms with E-state index in [1.165, 1.54) is 0 Å². The van der Waals surface area contributed by atoms with Crippen LogP contribution in [0, 0.1) is 0 Å². The van der Waals surface area contributed by atoms with E-state index < -0.39 is 0 Å². The SMILES string of the molecule is O=C1Nc2ccc(Cl)cc2NC1c1ccccc1. The van der Waals surface area contributed by atoms with E-state index in [2.05, 4.69) is 10.6 Å². The lowest BCUT2D eigenvalue weighted by Crippen LogP contribution is -2.31. The van der Waals surface area contributed by atoms with Gasteiger partial charge in [-0.2, -0.15) is 0 Å². The number of rotatable bonds is 1. The van der Waals surface area contributed by atoms with Gasteiger partial charge in [-0.05, 0) is 23.8 Å². The fourth-order valence-electron chi connectivity index (χ4n) is 2.05. The number of nitrogens with one attached hydrogen (secondary N) is 2. The van der Waals surface area contributed by atoms with Crippen LogP contribution >= 0.6 is 11.6 Å². The fraction of sp³-hybridized carbons (Fsp3) is 0.0714. The van der Waals surface area contributed by atoms with Gasteiger partial charge < -0.3 is 10.6 Å². The number of hydrogen-bond acceptors (Lipinski definition) is 2. The Morgan fingerprint density at radius 1 is 1.00 bits per heavy atom. The quantitative estimate of drug-likeness (QED) is 0.823. The zero-order chi connectivity index (χ0) is 12.5. The zero-order valence-corrected chi connectivity index (χ0v) is 10.2. The number of carbonyl (C=O) groups excluding carboxylic acids is 1. The van der Waals surface area contributed by atoms with Crippen LogP contribution in [0.4, 0.5) is 11.4 Å². The molecule has 0 bridgehead atoms. The monoisotopic (exact) mass is 258 g/mol. The second-order valence-electron chi connectivity index (χ2n) is 4.17. The standard InChI is InChI=1S/C14H11ClN2O/c15-10-6-7-11-12(8-10)16-13(14(18)17-11)9-4-2-1-3-5-9/h1-8,13,16H,(H,17,18). The Labute approximate surface area is 110 Å². The van der Waals surface area contributed by atoms with Gasteiger partial charge in [0.2, 0.25) is 0 Å². The summed E-state index contributed by atoms with van der Waals surface area (Å²) in [5.41, 5.74) is 2.54. The Kier molecular flexibility index (Phi) is 2.68. The normalized spacial score (nSPS) is 17.6. The third-order valence-electron chi connectivity index (χ3n) is 2.93. The number of anilines is 2. The maximum Gasteiger partial charge on any atom is 0.251 e. The smallest absolute Gasteiger partial charge is 0.251 e. The van der Waals surface area contributed by atoms with Crippen molar-refractivity contribution in [2.45, 2.75) is 6.04 Å². The molecule has 1 aliphatic rings. The van der Waals surface area contributed by atoms with Crippen molar-refractivity contribution in [2.75, 3.05) is 10.6 Å². The van der Waals surface area contributed by atoms with Crippen molar-refractivity contribution in [2.24, 2.45) is 0 Å². The average Bonchev–Trinajstić information content (AvgIpc) is 2.39. The summed E-state index contributed by atoms with van der Waals surface area (Å²) in [6.45, 7) is 0. The summed E-state index contributed by atoms with van der Waals surface area (Å²) in [6.07, 6.45) is 0. The molecule has 0 fully saturated rings. The Morgan fingerprint density at radius 3 is 2.56 bits per heavy atom. The van der Waals surface area contributed by atoms with Gasteiger partial charge in [0.15, 0.2) is 0 Å². The Morgan fingerprint density at radius 2 is 1.78 bits per heavy atom. The molecule has 3 nitrogen and oxygen atoms in total. The minimum absolute atomic E-state index is 0.0592. The second-order valence-corrected chi connectivity index (χ2v) is 4.60. The molecule has 90 valence electrons. The summed E-state index contributed by atoms with van der Waals surface area (Å²) < 4.78 is 0. The lowest BCUT2D eigenvalue weighted by molar-refractivity contribution is -0.117. The van der Waals surface area contributed by atoms with E-state index in [9.17, 15) is 4.79 Å². The molecule has 1 atom stereocenters. The van der Waals surface area contributed by atoms with E-state index in [1.807, 2.05) is 36.4 Å². The molecular weight excluding hydrogens is 248 g/mol. The molecule has 0 aromatic heterocycles. The van der Waals surface area contributed by atoms with E-state index in [0.29, 0.717) is 5.02 Å². The molecular formula is C14H11ClN2O. The zero-order valence-electron chi connectivity index (χ0n) is 9.48. The van der Waals surface area contributed by atoms with Gasteiger partial charge in [0.05, 0.1) is 11.4 Å². The van der Waals surface area contributed by atoms with Crippen molar-refractivity contribution in [3.8, 4) is 0 Å². The molecule has 2 aromatic carbocycles. The van der Waals surface area contributed by atoms with Gasteiger partial charge >= 0.3 is 0 Å². The van der Waals surface area contributed by atoms with Crippen LogP contribution in [0.25, 0.3) is 0 Å². The lowest BCUT2D eigenvalue weighted by Gasteiger charge is -2.27. The average molecular weight is 259 g/mol. The molecule has 2 aromatic rings. The second kappa shape index (κ2) is 4.35. The molecule has 18 heavy (non-hydrogen) atoms. The summed E-state index contributed by atoms with van der Waals surface area (Å²) in [4.78, 5) is 12.0. The number of carbonyl (C=O) groups is 1. The Hall–Kier alpha value is -2.00. The number of halogens is 1. The first-order valence-electron chi connectivity index (χ1n) is 5.66. The molecule has 0 spiro atoms. The maximum atomic E-state index is 12.0. The van der Waals surface area contributed by atoms with Crippen molar-refractivity contribution in [3.05, 3.63) is 59.1 Å². The van der Waals surface area contributed by atoms with Crippen LogP contribution in [0.5, 0.6) is 0 Å². The molecule has 4 heteroatoms. The number of benzene rings is 2. The summed E-state index contributed by atoms with van der Waals surface area (Å²) in [6, 6.07) is 14.6. The van der Waals surface area contributed by atoms with Crippen molar-refractivity contribution >= 4 is 28.9 Å². The predicted octanol–water partition coefficient (Wildman–Crippen LogP) is 3.45. The fourth-order valence-corrected chi connectivity index (χ4v) is 2.22. The van der Waals surface area contributed by atoms with Crippen molar-refractivity contribution in [1.29, 1.82) is 0 Å². The van der Waals surface area contributed by atoms with E-state index in [0.717, 1.165) is 16.9 Å². The van der Waals surface area contributed by atoms with Crippen LogP contribution in [0.15, 0.2) is 48.5 Å². The minimum atomic E-state index is -0.378. The summed E-state index contributed by atoms with van der Waals surface area (Å²) in [5.74, 6) is -0.0592. The molecule has 3 rings (SSSR count). The first-order chi connectivity index (χ1) is 8.74. The van der Waals surface area contributed by atoms with Gasteiger partial charge in [-0.1, -0.05) is 41.9 Å². The van der Waals surface area contributed by atoms with Gasteiger partial charge in [-0.3, -0.25) is 4.79 Å². The molecule has 0 aliphatic carbocycles. The molecule has 2 N–H and O–H groups in total. The van der Waals surface area contributed by atoms with Crippen LogP contribution in [-0.4, -0.2) is 5.91 Å². The lowest BCUT2D eigenvalue weighted by atomic mass is 10.0. The first kappa shape index (κ1) is 11.1. The van der Waals surface area contributed by atoms with Crippen LogP contribution in [0.3, 0.4) is 0 Å². The van der Waals surface area contributed by atoms with E-state index in [4.69, 9.17) is 11.6 Å². The Bertz CT molecular complexity index is 598. The van der Waals surface area contributed by atoms with E-state index in [-0.39, 0.29) is 11.9 Å². The van der Waals surface area contributed by atoms with Crippen LogP contribution in [0.1, 0.15) is 11.6 Å². The van der Waals surface area contributed by atoms with E-state index >= 15 is 0 Å². The topological polar surface area (TPSA) is 41.1 Å². The largest absolute Gasteiger partial charge is 0.368 e. The molecule has 1 amide bonds. The third-order valence-corrected chi connectivity index (χ3v) is 3.17. The molecule has 1 aliphatic heterocycles. The molecule has 0 radical (unpaired) electrons. The van der Waals surface area contributed by atoms with E-state index in [1.54, 1.807) is 12.1 Å². The summed E-state index contributed by atoms with van der Waals surface area (Å²) in [7, 11) is 0. The highest BCUT2D eigenvalue weighted by Crippen LogP contribution is 2.34. The van der Waals surface area contributed by atoms with Gasteiger partial charge in [0, 0.05) is 5.02 Å². The molecule has 1 unspecified atom stereocenters. The molecule has 1 heterocycles. The third kappa shape index (κ3) is 1.93. The number of fused-ring (bicyclic) bond motifs is 1. The Balaban J connectivity index is 1.99. The number of amides is 1. The first-order valence-corrected chi connectivity index (χ1v) is 6.04. The summed E-state index contributed by atoms with van der Waals surface area (Å²) >= 11 is 5.95. The minimum Gasteiger partial charge on any atom is -0.368 e. The van der Waals surface area contributed by atoms with Gasteiger partial charge in [-0.25, -0.2) is 0 Å². The van der Waals surface area contributed by atoms with Gasteiger partial charge in [-0.15, -0.1) is 0 Å². The highest BCUT2D eigenvalue weighted by atomic mass is 35.5. The van der Waals surface area contributed by atoms with Crippen molar-refractivity contribution < 1.29 is 4.79 Å². The van der Waals surface area contributed by atoms with Gasteiger partial charge in [0.25, 0.3) is 5.91 Å². The predicted molar refractivity (Wildman–Crippen MR) is 72.9 cm³/mol. The van der Waals surface area contributed by atoms with Crippen molar-refractivity contribution in [3.63, 3.8) is 0 Å². The van der Waals surface area contributed by atoms with Crippen LogP contribution < -0.4 is 10.6 Å². The molecule has 0 saturated heterocycles. The highest BCUT2D eigenvalue weighted by molar-refractivity contribution is 6.31. The van der Waals surface area contributed by atoms with Crippen molar-refractivity contribution in [1.82, 2.24) is 0 Å².